The van der Waals surface area contributed by atoms with Gasteiger partial charge < -0.3 is 10.2 Å². The molecule has 0 saturated carbocycles. The number of hydrogen-bond donors (Lipinski definition) is 1. The van der Waals surface area contributed by atoms with Gasteiger partial charge in [-0.2, -0.15) is 0 Å². The highest BCUT2D eigenvalue weighted by molar-refractivity contribution is 5.78. The van der Waals surface area contributed by atoms with Gasteiger partial charge in [0.1, 0.15) is 6.33 Å². The number of carbonyl (C=O) groups is 1. The molecule has 2 aromatic carbocycles. The molecule has 0 radical (unpaired) electrons. The summed E-state index contributed by atoms with van der Waals surface area (Å²) in [6, 6.07) is 16.2. The molecule has 0 aliphatic carbocycles. The number of carbonyl (C=O) groups excluding carboxylic acids is 1. The summed E-state index contributed by atoms with van der Waals surface area (Å²) in [6.07, 6.45) is 1.87. The molecule has 0 spiro atoms. The van der Waals surface area contributed by atoms with Crippen molar-refractivity contribution in [3.05, 3.63) is 71.5 Å². The van der Waals surface area contributed by atoms with E-state index in [1.807, 2.05) is 38.4 Å². The van der Waals surface area contributed by atoms with Gasteiger partial charge in [0.2, 0.25) is 5.91 Å². The Labute approximate surface area is 159 Å². The fourth-order valence-corrected chi connectivity index (χ4v) is 2.89. The van der Waals surface area contributed by atoms with Gasteiger partial charge in [-0.05, 0) is 54.7 Å². The first-order valence-corrected chi connectivity index (χ1v) is 8.85. The van der Waals surface area contributed by atoms with Crippen molar-refractivity contribution in [1.82, 2.24) is 30.4 Å². The van der Waals surface area contributed by atoms with Crippen LogP contribution in [0.3, 0.4) is 0 Å². The molecule has 0 unspecified atom stereocenters. The van der Waals surface area contributed by atoms with Gasteiger partial charge in [0.05, 0.1) is 18.2 Å². The molecule has 0 aliphatic rings. The number of benzene rings is 2. The van der Waals surface area contributed by atoms with E-state index in [4.69, 9.17) is 0 Å². The molecule has 0 aliphatic heterocycles. The number of amides is 1. The Balaban J connectivity index is 1.57. The average molecular weight is 364 g/mol. The number of hydrogen-bond acceptors (Lipinski definition) is 5. The van der Waals surface area contributed by atoms with Crippen molar-refractivity contribution in [1.29, 1.82) is 0 Å². The Hall–Kier alpha value is -3.06. The summed E-state index contributed by atoms with van der Waals surface area (Å²) in [7, 11) is 4.04. The van der Waals surface area contributed by atoms with Gasteiger partial charge in [-0.1, -0.05) is 42.0 Å². The van der Waals surface area contributed by atoms with Crippen molar-refractivity contribution in [2.75, 3.05) is 20.6 Å². The minimum Gasteiger partial charge on any atom is -0.354 e. The van der Waals surface area contributed by atoms with Crippen LogP contribution in [0.2, 0.25) is 0 Å². The molecule has 7 nitrogen and oxygen atoms in total. The zero-order valence-corrected chi connectivity index (χ0v) is 15.8. The zero-order chi connectivity index (χ0) is 19.2. The number of tetrazole rings is 1. The quantitative estimate of drug-likeness (QED) is 0.693. The van der Waals surface area contributed by atoms with E-state index in [2.05, 4.69) is 56.9 Å². The van der Waals surface area contributed by atoms with Crippen LogP contribution in [0.25, 0.3) is 5.69 Å². The van der Waals surface area contributed by atoms with E-state index < -0.39 is 0 Å². The van der Waals surface area contributed by atoms with Crippen molar-refractivity contribution >= 4 is 5.91 Å². The number of nitrogens with one attached hydrogen (secondary N) is 1. The number of likely N-dealkylation sites (N-methyl/N-ethyl adjacent to an activating group) is 1. The molecule has 140 valence electrons. The van der Waals surface area contributed by atoms with Gasteiger partial charge in [0.25, 0.3) is 0 Å². The second-order valence-corrected chi connectivity index (χ2v) is 6.79. The summed E-state index contributed by atoms with van der Waals surface area (Å²) in [4.78, 5) is 14.5. The van der Waals surface area contributed by atoms with E-state index in [0.717, 1.165) is 11.3 Å². The van der Waals surface area contributed by atoms with Gasteiger partial charge >= 0.3 is 0 Å². The second kappa shape index (κ2) is 8.55. The van der Waals surface area contributed by atoms with Crippen LogP contribution in [-0.4, -0.2) is 51.7 Å². The maximum Gasteiger partial charge on any atom is 0.224 e. The van der Waals surface area contributed by atoms with Crippen molar-refractivity contribution < 1.29 is 4.79 Å². The first-order chi connectivity index (χ1) is 13.0. The molecule has 0 fully saturated rings. The number of nitrogens with zero attached hydrogens (tertiary/aromatic N) is 5. The smallest absolute Gasteiger partial charge is 0.224 e. The summed E-state index contributed by atoms with van der Waals surface area (Å²) in [5, 5.41) is 14.1. The lowest BCUT2D eigenvalue weighted by Crippen LogP contribution is -2.35. The van der Waals surface area contributed by atoms with E-state index in [9.17, 15) is 4.79 Å². The van der Waals surface area contributed by atoms with Crippen molar-refractivity contribution in [2.45, 2.75) is 19.4 Å². The lowest BCUT2D eigenvalue weighted by molar-refractivity contribution is -0.120. The average Bonchev–Trinajstić information content (AvgIpc) is 3.18. The minimum atomic E-state index is 0.00383. The lowest BCUT2D eigenvalue weighted by atomic mass is 10.0. The van der Waals surface area contributed by atoms with Crippen LogP contribution in [0.1, 0.15) is 22.7 Å². The molecular formula is C20H24N6O. The fraction of sp³-hybridized carbons (Fsp3) is 0.300. The molecule has 1 amide bonds. The predicted octanol–water partition coefficient (Wildman–Crippen LogP) is 1.93. The summed E-state index contributed by atoms with van der Waals surface area (Å²) in [5.41, 5.74) is 4.22. The molecular weight excluding hydrogens is 340 g/mol. The maximum absolute atomic E-state index is 12.4. The third-order valence-electron chi connectivity index (χ3n) is 4.49. The number of aryl methyl sites for hydroxylation is 1. The molecule has 3 aromatic rings. The monoisotopic (exact) mass is 364 g/mol. The molecule has 3 rings (SSSR count). The van der Waals surface area contributed by atoms with Crippen LogP contribution in [0.5, 0.6) is 0 Å². The van der Waals surface area contributed by atoms with E-state index in [0.29, 0.717) is 13.0 Å². The number of aromatic nitrogens is 4. The molecule has 7 heteroatoms. The van der Waals surface area contributed by atoms with Gasteiger partial charge in [-0.25, -0.2) is 4.68 Å². The Morgan fingerprint density at radius 2 is 1.81 bits per heavy atom. The van der Waals surface area contributed by atoms with Gasteiger partial charge in [0, 0.05) is 6.54 Å². The Morgan fingerprint density at radius 3 is 2.41 bits per heavy atom. The van der Waals surface area contributed by atoms with Crippen LogP contribution >= 0.6 is 0 Å². The van der Waals surface area contributed by atoms with E-state index in [1.54, 1.807) is 4.68 Å². The summed E-state index contributed by atoms with van der Waals surface area (Å²) >= 11 is 0. The standard InChI is InChI=1S/C20H24N6O/c1-15-4-8-17(9-5-15)19(25(2)3)13-21-20(27)12-16-6-10-18(11-7-16)26-14-22-23-24-26/h4-11,14,19H,12-13H2,1-3H3,(H,21,27)/t19-/m1/s1. The van der Waals surface area contributed by atoms with Gasteiger partial charge in [-0.3, -0.25) is 4.79 Å². The fourth-order valence-electron chi connectivity index (χ4n) is 2.89. The third kappa shape index (κ3) is 4.98. The molecule has 27 heavy (non-hydrogen) atoms. The number of rotatable bonds is 7. The van der Waals surface area contributed by atoms with E-state index in [-0.39, 0.29) is 11.9 Å². The van der Waals surface area contributed by atoms with E-state index >= 15 is 0 Å². The van der Waals surface area contributed by atoms with Crippen LogP contribution < -0.4 is 5.32 Å². The Bertz CT molecular complexity index is 857. The minimum absolute atomic E-state index is 0.00383. The van der Waals surface area contributed by atoms with Gasteiger partial charge in [-0.15, -0.1) is 5.10 Å². The molecule has 0 bridgehead atoms. The Morgan fingerprint density at radius 1 is 1.11 bits per heavy atom. The summed E-state index contributed by atoms with van der Waals surface area (Å²) in [6.45, 7) is 2.64. The highest BCUT2D eigenvalue weighted by Crippen LogP contribution is 2.18. The predicted molar refractivity (Wildman–Crippen MR) is 103 cm³/mol. The highest BCUT2D eigenvalue weighted by Gasteiger charge is 2.15. The van der Waals surface area contributed by atoms with Crippen LogP contribution in [0, 0.1) is 6.92 Å². The van der Waals surface area contributed by atoms with Gasteiger partial charge in [0.15, 0.2) is 0 Å². The SMILES string of the molecule is Cc1ccc([C@@H](CNC(=O)Cc2ccc(-n3cnnn3)cc2)N(C)C)cc1. The first-order valence-electron chi connectivity index (χ1n) is 8.85. The van der Waals surface area contributed by atoms with Crippen LogP contribution in [0.4, 0.5) is 0 Å². The maximum atomic E-state index is 12.4. The van der Waals surface area contributed by atoms with Crippen molar-refractivity contribution in [3.8, 4) is 5.69 Å². The molecule has 1 N–H and O–H groups in total. The molecule has 0 saturated heterocycles. The van der Waals surface area contributed by atoms with Crippen LogP contribution in [0.15, 0.2) is 54.9 Å². The summed E-state index contributed by atoms with van der Waals surface area (Å²) < 4.78 is 1.58. The highest BCUT2D eigenvalue weighted by atomic mass is 16.1. The second-order valence-electron chi connectivity index (χ2n) is 6.79. The first kappa shape index (κ1) is 18.7. The lowest BCUT2D eigenvalue weighted by Gasteiger charge is -2.25. The Kier molecular flexibility index (Phi) is 5.93. The largest absolute Gasteiger partial charge is 0.354 e. The van der Waals surface area contributed by atoms with Crippen molar-refractivity contribution in [2.24, 2.45) is 0 Å². The third-order valence-corrected chi connectivity index (χ3v) is 4.49. The van der Waals surface area contributed by atoms with Crippen LogP contribution in [-0.2, 0) is 11.2 Å². The van der Waals surface area contributed by atoms with E-state index in [1.165, 1.54) is 17.5 Å². The summed E-state index contributed by atoms with van der Waals surface area (Å²) in [5.74, 6) is 0.00383. The van der Waals surface area contributed by atoms with Crippen molar-refractivity contribution in [3.63, 3.8) is 0 Å². The molecule has 1 heterocycles. The molecule has 1 aromatic heterocycles. The topological polar surface area (TPSA) is 75.9 Å². The normalized spacial score (nSPS) is 12.1. The zero-order valence-electron chi connectivity index (χ0n) is 15.8. The molecule has 1 atom stereocenters.